The molecular formula is C15H24N4O. The van der Waals surface area contributed by atoms with E-state index in [0.29, 0.717) is 0 Å². The molecule has 2 atom stereocenters. The van der Waals surface area contributed by atoms with Crippen LogP contribution in [-0.4, -0.2) is 27.8 Å². The largest absolute Gasteiger partial charge is 0.352 e. The maximum absolute atomic E-state index is 10.4. The molecule has 2 aromatic rings. The molecule has 110 valence electrons. The lowest BCUT2D eigenvalue weighted by molar-refractivity contribution is -0.119. The van der Waals surface area contributed by atoms with Crippen molar-refractivity contribution in [3.05, 3.63) is 30.0 Å². The first-order chi connectivity index (χ1) is 9.32. The summed E-state index contributed by atoms with van der Waals surface area (Å²) in [7, 11) is 1.97. The third-order valence-electron chi connectivity index (χ3n) is 3.16. The van der Waals surface area contributed by atoms with E-state index in [2.05, 4.69) is 22.5 Å². The zero-order valence-electron chi connectivity index (χ0n) is 12.8. The summed E-state index contributed by atoms with van der Waals surface area (Å²) >= 11 is 0. The van der Waals surface area contributed by atoms with Crippen LogP contribution in [0.2, 0.25) is 0 Å². The van der Waals surface area contributed by atoms with E-state index in [1.807, 2.05) is 44.6 Å². The molecule has 5 nitrogen and oxygen atoms in total. The predicted octanol–water partition coefficient (Wildman–Crippen LogP) is 1.74. The van der Waals surface area contributed by atoms with Crippen molar-refractivity contribution in [2.45, 2.75) is 39.8 Å². The molecule has 2 unspecified atom stereocenters. The second kappa shape index (κ2) is 7.05. The zero-order valence-corrected chi connectivity index (χ0v) is 12.8. The number of benzene rings is 1. The van der Waals surface area contributed by atoms with Crippen LogP contribution in [0.25, 0.3) is 10.9 Å². The summed E-state index contributed by atoms with van der Waals surface area (Å²) in [5.41, 5.74) is 7.77. The number of hydrogen-bond donors (Lipinski definition) is 2. The molecular weight excluding hydrogens is 252 g/mol. The lowest BCUT2D eigenvalue weighted by Crippen LogP contribution is -2.42. The van der Waals surface area contributed by atoms with E-state index < -0.39 is 0 Å². The zero-order chi connectivity index (χ0) is 15.3. The van der Waals surface area contributed by atoms with Gasteiger partial charge in [0, 0.05) is 31.4 Å². The van der Waals surface area contributed by atoms with Crippen molar-refractivity contribution in [3.8, 4) is 0 Å². The van der Waals surface area contributed by atoms with Crippen LogP contribution in [-0.2, 0) is 11.8 Å². The van der Waals surface area contributed by atoms with Gasteiger partial charge in [0.05, 0.1) is 11.2 Å². The smallest absolute Gasteiger partial charge is 0.217 e. The van der Waals surface area contributed by atoms with E-state index in [-0.39, 0.29) is 18.0 Å². The van der Waals surface area contributed by atoms with E-state index in [9.17, 15) is 4.79 Å². The van der Waals surface area contributed by atoms with Gasteiger partial charge in [-0.3, -0.25) is 9.48 Å². The highest BCUT2D eigenvalue weighted by molar-refractivity contribution is 5.81. The summed E-state index contributed by atoms with van der Waals surface area (Å²) in [6.45, 7) is 7.26. The number of nitrogens with one attached hydrogen (secondary N) is 1. The highest BCUT2D eigenvalue weighted by Gasteiger charge is 2.06. The minimum atomic E-state index is -0.0280. The highest BCUT2D eigenvalue weighted by atomic mass is 16.1. The van der Waals surface area contributed by atoms with Gasteiger partial charge < -0.3 is 11.1 Å². The Morgan fingerprint density at radius 2 is 1.95 bits per heavy atom. The van der Waals surface area contributed by atoms with Crippen molar-refractivity contribution in [1.29, 1.82) is 0 Å². The average molecular weight is 276 g/mol. The van der Waals surface area contributed by atoms with Crippen LogP contribution in [0.1, 0.15) is 26.5 Å². The van der Waals surface area contributed by atoms with Crippen molar-refractivity contribution >= 4 is 16.8 Å². The van der Waals surface area contributed by atoms with Crippen LogP contribution in [0.3, 0.4) is 0 Å². The Labute approximate surface area is 120 Å². The van der Waals surface area contributed by atoms with Crippen LogP contribution < -0.4 is 11.1 Å². The van der Waals surface area contributed by atoms with Crippen molar-refractivity contribution in [2.75, 3.05) is 0 Å². The molecule has 3 N–H and O–H groups in total. The summed E-state index contributed by atoms with van der Waals surface area (Å²) in [5.74, 6) is -0.0280. The molecule has 0 radical (unpaired) electrons. The van der Waals surface area contributed by atoms with Gasteiger partial charge in [-0.15, -0.1) is 0 Å². The fourth-order valence-electron chi connectivity index (χ4n) is 1.85. The van der Waals surface area contributed by atoms with Crippen LogP contribution in [0.4, 0.5) is 0 Å². The maximum Gasteiger partial charge on any atom is 0.217 e. The number of nitrogens with zero attached hydrogens (tertiary/aromatic N) is 2. The third-order valence-corrected chi connectivity index (χ3v) is 3.16. The molecule has 0 aliphatic rings. The number of carbonyl (C=O) groups is 1. The van der Waals surface area contributed by atoms with E-state index >= 15 is 0 Å². The van der Waals surface area contributed by atoms with E-state index in [1.54, 1.807) is 0 Å². The topological polar surface area (TPSA) is 72.9 Å². The Balaban J connectivity index is 0.000000206. The van der Waals surface area contributed by atoms with Crippen molar-refractivity contribution in [3.63, 3.8) is 0 Å². The third kappa shape index (κ3) is 4.35. The van der Waals surface area contributed by atoms with Crippen LogP contribution in [0.5, 0.6) is 0 Å². The van der Waals surface area contributed by atoms with Crippen LogP contribution in [0.15, 0.2) is 24.3 Å². The number of carbonyl (C=O) groups excluding carboxylic acids is 1. The molecule has 1 amide bonds. The molecule has 0 saturated carbocycles. The van der Waals surface area contributed by atoms with Gasteiger partial charge >= 0.3 is 0 Å². The summed E-state index contributed by atoms with van der Waals surface area (Å²) in [6.07, 6.45) is 0. The van der Waals surface area contributed by atoms with Crippen molar-refractivity contribution < 1.29 is 4.79 Å². The minimum Gasteiger partial charge on any atom is -0.352 e. The highest BCUT2D eigenvalue weighted by Crippen LogP contribution is 2.15. The maximum atomic E-state index is 10.4. The van der Waals surface area contributed by atoms with Gasteiger partial charge in [-0.2, -0.15) is 5.10 Å². The summed E-state index contributed by atoms with van der Waals surface area (Å²) in [4.78, 5) is 10.4. The lowest BCUT2D eigenvalue weighted by Gasteiger charge is -2.15. The number of aromatic nitrogens is 2. The number of aryl methyl sites for hydroxylation is 2. The Morgan fingerprint density at radius 3 is 2.40 bits per heavy atom. The number of fused-ring (bicyclic) bond motifs is 1. The average Bonchev–Trinajstić information content (AvgIpc) is 2.66. The molecule has 20 heavy (non-hydrogen) atoms. The Kier molecular flexibility index (Phi) is 5.70. The number of rotatable bonds is 2. The first-order valence-electron chi connectivity index (χ1n) is 6.74. The lowest BCUT2D eigenvalue weighted by atomic mass is 10.2. The number of nitrogens with two attached hydrogens (primary N) is 1. The van der Waals surface area contributed by atoms with E-state index in [0.717, 1.165) is 5.69 Å². The summed E-state index contributed by atoms with van der Waals surface area (Å²) in [5, 5.41) is 8.23. The summed E-state index contributed by atoms with van der Waals surface area (Å²) < 4.78 is 1.91. The van der Waals surface area contributed by atoms with Gasteiger partial charge in [-0.1, -0.05) is 18.2 Å². The van der Waals surface area contributed by atoms with Crippen LogP contribution in [0, 0.1) is 6.92 Å². The summed E-state index contributed by atoms with van der Waals surface area (Å²) in [6, 6.07) is 8.34. The van der Waals surface area contributed by atoms with E-state index in [1.165, 1.54) is 17.8 Å². The molecule has 2 rings (SSSR count). The molecule has 0 aliphatic carbocycles. The van der Waals surface area contributed by atoms with Gasteiger partial charge in [-0.05, 0) is 26.8 Å². The number of para-hydroxylation sites is 1. The predicted molar refractivity (Wildman–Crippen MR) is 82.4 cm³/mol. The monoisotopic (exact) mass is 276 g/mol. The Hall–Kier alpha value is -1.88. The van der Waals surface area contributed by atoms with Gasteiger partial charge in [0.25, 0.3) is 0 Å². The molecule has 1 aromatic heterocycles. The molecule has 0 saturated heterocycles. The fourth-order valence-corrected chi connectivity index (χ4v) is 1.85. The molecule has 1 heterocycles. The quantitative estimate of drug-likeness (QED) is 0.877. The van der Waals surface area contributed by atoms with Crippen molar-refractivity contribution in [1.82, 2.24) is 15.1 Å². The SMILES string of the molecule is CC(=O)NC(C)C(C)N.Cc1nn(C)c2ccccc12. The molecule has 0 aliphatic heterocycles. The Morgan fingerprint density at radius 1 is 1.35 bits per heavy atom. The normalized spacial score (nSPS) is 13.3. The van der Waals surface area contributed by atoms with Gasteiger partial charge in [0.15, 0.2) is 0 Å². The first-order valence-corrected chi connectivity index (χ1v) is 6.74. The molecule has 5 heteroatoms. The number of hydrogen-bond acceptors (Lipinski definition) is 3. The molecule has 1 aromatic carbocycles. The minimum absolute atomic E-state index is 0.0221. The Bertz CT molecular complexity index is 538. The van der Waals surface area contributed by atoms with Gasteiger partial charge in [-0.25, -0.2) is 0 Å². The molecule has 0 fully saturated rings. The second-order valence-corrected chi connectivity index (χ2v) is 5.07. The first kappa shape index (κ1) is 16.2. The fraction of sp³-hybridized carbons (Fsp3) is 0.467. The van der Waals surface area contributed by atoms with Crippen molar-refractivity contribution in [2.24, 2.45) is 12.8 Å². The van der Waals surface area contributed by atoms with E-state index in [4.69, 9.17) is 5.73 Å². The van der Waals surface area contributed by atoms with Gasteiger partial charge in [0.1, 0.15) is 0 Å². The molecule has 0 spiro atoms. The van der Waals surface area contributed by atoms with Gasteiger partial charge in [0.2, 0.25) is 5.91 Å². The standard InChI is InChI=1S/C9H10N2.C6H14N2O/c1-7-8-5-3-4-6-9(8)11(2)10-7;1-4(7)5(2)8-6(3)9/h3-6H,1-2H3;4-5H,7H2,1-3H3,(H,8,9). The second-order valence-electron chi connectivity index (χ2n) is 5.07. The molecule has 0 bridgehead atoms. The number of amides is 1. The van der Waals surface area contributed by atoms with Crippen LogP contribution >= 0.6 is 0 Å².